The number of carbonyl (C=O) groups excluding carboxylic acids is 1. The first-order valence-electron chi connectivity index (χ1n) is 4.88. The Morgan fingerprint density at radius 1 is 1.31 bits per heavy atom. The van der Waals surface area contributed by atoms with E-state index in [9.17, 15) is 4.79 Å². The van der Waals surface area contributed by atoms with E-state index in [0.717, 1.165) is 21.2 Å². The summed E-state index contributed by atoms with van der Waals surface area (Å²) in [5.74, 6) is 0.777. The van der Waals surface area contributed by atoms with Crippen molar-refractivity contribution in [1.29, 1.82) is 0 Å². The van der Waals surface area contributed by atoms with E-state index in [1.807, 2.05) is 19.9 Å². The number of halogens is 2. The SMILES string of the molecule is Br.Cc1cc2c(c(C)c1Br)C(=O)C(C)(C)O2. The quantitative estimate of drug-likeness (QED) is 0.707. The summed E-state index contributed by atoms with van der Waals surface area (Å²) in [4.78, 5) is 12.1. The molecule has 1 aliphatic rings. The van der Waals surface area contributed by atoms with Crippen molar-refractivity contribution >= 4 is 38.7 Å². The second kappa shape index (κ2) is 4.15. The lowest BCUT2D eigenvalue weighted by Crippen LogP contribution is -2.32. The number of rotatable bonds is 0. The summed E-state index contributed by atoms with van der Waals surface area (Å²) in [6.45, 7) is 7.55. The highest BCUT2D eigenvalue weighted by molar-refractivity contribution is 9.10. The van der Waals surface area contributed by atoms with E-state index in [1.165, 1.54) is 0 Å². The minimum atomic E-state index is -0.722. The molecular weight excluding hydrogens is 336 g/mol. The fraction of sp³-hybridized carbons (Fsp3) is 0.417. The first kappa shape index (κ1) is 13.7. The molecule has 1 aliphatic heterocycles. The predicted octanol–water partition coefficient (Wildman–Crippen LogP) is 4.00. The second-order valence-electron chi connectivity index (χ2n) is 4.45. The van der Waals surface area contributed by atoms with Crippen LogP contribution in [0.1, 0.15) is 35.3 Å². The number of Topliss-reactive ketones (excluding diaryl/α,β-unsaturated/α-hetero) is 1. The van der Waals surface area contributed by atoms with Crippen LogP contribution in [-0.4, -0.2) is 11.4 Å². The zero-order chi connectivity index (χ0) is 11.4. The maximum atomic E-state index is 12.1. The summed E-state index contributed by atoms with van der Waals surface area (Å²) in [6.07, 6.45) is 0. The molecule has 0 spiro atoms. The summed E-state index contributed by atoms with van der Waals surface area (Å²) in [6, 6.07) is 1.92. The van der Waals surface area contributed by atoms with Crippen LogP contribution in [0.15, 0.2) is 10.5 Å². The highest BCUT2D eigenvalue weighted by atomic mass is 79.9. The molecule has 1 aromatic rings. The molecule has 0 bridgehead atoms. The van der Waals surface area contributed by atoms with Crippen molar-refractivity contribution in [3.05, 3.63) is 27.2 Å². The predicted molar refractivity (Wildman–Crippen MR) is 73.0 cm³/mol. The van der Waals surface area contributed by atoms with Crippen LogP contribution in [0.3, 0.4) is 0 Å². The number of benzene rings is 1. The molecule has 0 amide bonds. The molecule has 16 heavy (non-hydrogen) atoms. The number of ether oxygens (including phenoxy) is 1. The Labute approximate surface area is 114 Å². The van der Waals surface area contributed by atoms with E-state index in [-0.39, 0.29) is 22.8 Å². The number of ketones is 1. The van der Waals surface area contributed by atoms with Crippen LogP contribution < -0.4 is 4.74 Å². The van der Waals surface area contributed by atoms with Crippen LogP contribution in [0.4, 0.5) is 0 Å². The van der Waals surface area contributed by atoms with Crippen molar-refractivity contribution in [2.75, 3.05) is 0 Å². The molecule has 0 aliphatic carbocycles. The van der Waals surface area contributed by atoms with Crippen LogP contribution in [-0.2, 0) is 0 Å². The van der Waals surface area contributed by atoms with Gasteiger partial charge in [-0.15, -0.1) is 17.0 Å². The largest absolute Gasteiger partial charge is 0.479 e. The summed E-state index contributed by atoms with van der Waals surface area (Å²) in [5, 5.41) is 0. The van der Waals surface area contributed by atoms with Crippen LogP contribution >= 0.6 is 32.9 Å². The summed E-state index contributed by atoms with van der Waals surface area (Å²) in [7, 11) is 0. The third-order valence-corrected chi connectivity index (χ3v) is 4.00. The van der Waals surface area contributed by atoms with E-state index < -0.39 is 5.60 Å². The molecule has 0 unspecified atom stereocenters. The van der Waals surface area contributed by atoms with Crippen LogP contribution in [0.25, 0.3) is 0 Å². The summed E-state index contributed by atoms with van der Waals surface area (Å²) < 4.78 is 6.65. The zero-order valence-electron chi connectivity index (χ0n) is 9.68. The van der Waals surface area contributed by atoms with Gasteiger partial charge in [-0.1, -0.05) is 15.9 Å². The van der Waals surface area contributed by atoms with Gasteiger partial charge in [0.05, 0.1) is 5.56 Å². The maximum absolute atomic E-state index is 12.1. The van der Waals surface area contributed by atoms with Gasteiger partial charge in [0.25, 0.3) is 0 Å². The number of hydrogen-bond acceptors (Lipinski definition) is 2. The van der Waals surface area contributed by atoms with E-state index in [1.54, 1.807) is 13.8 Å². The van der Waals surface area contributed by atoms with Crippen molar-refractivity contribution in [3.8, 4) is 5.75 Å². The number of carbonyl (C=O) groups is 1. The minimum absolute atomic E-state index is 0. The minimum Gasteiger partial charge on any atom is -0.479 e. The molecule has 0 N–H and O–H groups in total. The van der Waals surface area contributed by atoms with Gasteiger partial charge >= 0.3 is 0 Å². The molecule has 2 rings (SSSR count). The van der Waals surface area contributed by atoms with E-state index >= 15 is 0 Å². The van der Waals surface area contributed by atoms with Gasteiger partial charge in [0.1, 0.15) is 5.75 Å². The fourth-order valence-electron chi connectivity index (χ4n) is 1.91. The van der Waals surface area contributed by atoms with Crippen molar-refractivity contribution in [2.45, 2.75) is 33.3 Å². The average molecular weight is 350 g/mol. The smallest absolute Gasteiger partial charge is 0.209 e. The van der Waals surface area contributed by atoms with Crippen molar-refractivity contribution in [3.63, 3.8) is 0 Å². The third-order valence-electron chi connectivity index (χ3n) is 2.78. The van der Waals surface area contributed by atoms with Crippen LogP contribution in [0, 0.1) is 13.8 Å². The molecule has 0 fully saturated rings. The Bertz CT molecular complexity index is 465. The molecule has 2 nitrogen and oxygen atoms in total. The van der Waals surface area contributed by atoms with Gasteiger partial charge in [0, 0.05) is 4.47 Å². The van der Waals surface area contributed by atoms with Gasteiger partial charge in [0.15, 0.2) is 5.60 Å². The highest BCUT2D eigenvalue weighted by Crippen LogP contribution is 2.40. The molecule has 1 aromatic carbocycles. The lowest BCUT2D eigenvalue weighted by molar-refractivity contribution is 0.0684. The Kier molecular flexibility index (Phi) is 3.56. The first-order valence-corrected chi connectivity index (χ1v) is 5.67. The van der Waals surface area contributed by atoms with Gasteiger partial charge in [-0.25, -0.2) is 0 Å². The molecule has 1 heterocycles. The van der Waals surface area contributed by atoms with E-state index in [4.69, 9.17) is 4.74 Å². The van der Waals surface area contributed by atoms with Gasteiger partial charge < -0.3 is 4.74 Å². The van der Waals surface area contributed by atoms with Gasteiger partial charge in [-0.05, 0) is 44.9 Å². The average Bonchev–Trinajstić information content (AvgIpc) is 2.34. The molecule has 0 radical (unpaired) electrons. The Morgan fingerprint density at radius 3 is 2.44 bits per heavy atom. The van der Waals surface area contributed by atoms with Crippen molar-refractivity contribution in [1.82, 2.24) is 0 Å². The zero-order valence-corrected chi connectivity index (χ0v) is 13.0. The Balaban J connectivity index is 0.00000128. The van der Waals surface area contributed by atoms with Gasteiger partial charge in [0.2, 0.25) is 5.78 Å². The summed E-state index contributed by atoms with van der Waals surface area (Å²) >= 11 is 3.49. The molecule has 0 saturated carbocycles. The molecule has 0 aromatic heterocycles. The molecule has 0 saturated heterocycles. The fourth-order valence-corrected chi connectivity index (χ4v) is 2.22. The van der Waals surface area contributed by atoms with Crippen molar-refractivity contribution < 1.29 is 9.53 Å². The lowest BCUT2D eigenvalue weighted by atomic mass is 9.95. The first-order chi connectivity index (χ1) is 6.84. The van der Waals surface area contributed by atoms with E-state index in [0.29, 0.717) is 5.75 Å². The number of aryl methyl sites for hydroxylation is 1. The third kappa shape index (κ3) is 1.82. The van der Waals surface area contributed by atoms with Gasteiger partial charge in [-0.3, -0.25) is 4.79 Å². The molecule has 0 atom stereocenters. The van der Waals surface area contributed by atoms with Crippen LogP contribution in [0.2, 0.25) is 0 Å². The van der Waals surface area contributed by atoms with E-state index in [2.05, 4.69) is 15.9 Å². The highest BCUT2D eigenvalue weighted by Gasteiger charge is 2.41. The molecular formula is C12H14Br2O2. The second-order valence-corrected chi connectivity index (χ2v) is 5.24. The number of hydrogen-bond donors (Lipinski definition) is 0. The summed E-state index contributed by atoms with van der Waals surface area (Å²) in [5.41, 5.74) is 2.06. The Hall–Kier alpha value is -0.350. The lowest BCUT2D eigenvalue weighted by Gasteiger charge is -2.14. The standard InChI is InChI=1S/C12H13BrO2.BrH/c1-6-5-8-9(7(2)10(6)13)11(14)12(3,4)15-8;/h5H,1-4H3;1H. The molecule has 4 heteroatoms. The monoisotopic (exact) mass is 348 g/mol. The van der Waals surface area contributed by atoms with Crippen LogP contribution in [0.5, 0.6) is 5.75 Å². The topological polar surface area (TPSA) is 26.3 Å². The van der Waals surface area contributed by atoms with Crippen molar-refractivity contribution in [2.24, 2.45) is 0 Å². The molecule has 88 valence electrons. The van der Waals surface area contributed by atoms with Gasteiger partial charge in [-0.2, -0.15) is 0 Å². The maximum Gasteiger partial charge on any atom is 0.209 e. The normalized spacial score (nSPS) is 16.4. The Morgan fingerprint density at radius 2 is 1.88 bits per heavy atom. The number of fused-ring (bicyclic) bond motifs is 1.